The summed E-state index contributed by atoms with van der Waals surface area (Å²) < 4.78 is 1.87. The second-order valence-corrected chi connectivity index (χ2v) is 7.38. The largest absolute Gasteiger partial charge is 0.358 e. The molecular formula is C24H24N4O2. The number of carbonyl (C=O) groups excluding carboxylic acids is 2. The second-order valence-electron chi connectivity index (χ2n) is 7.38. The number of nitrogens with zero attached hydrogens (tertiary/aromatic N) is 2. The number of Topliss-reactive ketones (excluding diaryl/α,β-unsaturated/α-hetero) is 1. The lowest BCUT2D eigenvalue weighted by Gasteiger charge is -2.05. The van der Waals surface area contributed by atoms with Gasteiger partial charge >= 0.3 is 0 Å². The predicted molar refractivity (Wildman–Crippen MR) is 117 cm³/mol. The average molecular weight is 400 g/mol. The summed E-state index contributed by atoms with van der Waals surface area (Å²) in [6.45, 7) is 4.23. The van der Waals surface area contributed by atoms with Crippen molar-refractivity contribution < 1.29 is 9.59 Å². The number of nitrogens with one attached hydrogen (secondary N) is 2. The van der Waals surface area contributed by atoms with Crippen molar-refractivity contribution in [2.24, 2.45) is 0 Å². The number of H-pyrrole nitrogens is 1. The monoisotopic (exact) mass is 400 g/mol. The third-order valence-corrected chi connectivity index (χ3v) is 5.26. The van der Waals surface area contributed by atoms with Crippen molar-refractivity contribution in [3.8, 4) is 5.69 Å². The zero-order chi connectivity index (χ0) is 21.1. The molecule has 0 saturated carbocycles. The molecule has 0 fully saturated rings. The lowest BCUT2D eigenvalue weighted by Crippen LogP contribution is -2.32. The fraction of sp³-hybridized carbons (Fsp3) is 0.208. The van der Waals surface area contributed by atoms with E-state index in [1.807, 2.05) is 79.3 Å². The zero-order valence-electron chi connectivity index (χ0n) is 17.1. The van der Waals surface area contributed by atoms with Crippen molar-refractivity contribution in [1.29, 1.82) is 0 Å². The summed E-state index contributed by atoms with van der Waals surface area (Å²) in [6.07, 6.45) is 3.53. The van der Waals surface area contributed by atoms with Gasteiger partial charge in [0.25, 0.3) is 11.7 Å². The van der Waals surface area contributed by atoms with Crippen LogP contribution in [0, 0.1) is 13.8 Å². The van der Waals surface area contributed by atoms with Crippen LogP contribution in [0.4, 0.5) is 0 Å². The molecule has 0 radical (unpaired) electrons. The maximum absolute atomic E-state index is 12.7. The number of amides is 1. The highest BCUT2D eigenvalue weighted by atomic mass is 16.2. The van der Waals surface area contributed by atoms with E-state index in [0.29, 0.717) is 17.8 Å². The molecule has 6 heteroatoms. The number of hydrogen-bond donors (Lipinski definition) is 2. The van der Waals surface area contributed by atoms with Gasteiger partial charge in [-0.05, 0) is 50.5 Å². The average Bonchev–Trinajstić information content (AvgIpc) is 3.30. The lowest BCUT2D eigenvalue weighted by molar-refractivity contribution is -0.117. The maximum Gasteiger partial charge on any atom is 0.292 e. The van der Waals surface area contributed by atoms with Crippen LogP contribution in [-0.4, -0.2) is 33.0 Å². The first-order valence-corrected chi connectivity index (χ1v) is 10.0. The molecule has 2 aromatic carbocycles. The molecule has 0 aliphatic heterocycles. The minimum absolute atomic E-state index is 0.432. The van der Waals surface area contributed by atoms with E-state index in [9.17, 15) is 9.59 Å². The smallest absolute Gasteiger partial charge is 0.292 e. The number of fused-ring (bicyclic) bond motifs is 1. The Morgan fingerprint density at radius 3 is 2.57 bits per heavy atom. The van der Waals surface area contributed by atoms with Crippen LogP contribution in [0.3, 0.4) is 0 Å². The molecule has 0 atom stereocenters. The quantitative estimate of drug-likeness (QED) is 0.280. The first-order valence-electron chi connectivity index (χ1n) is 10.0. The number of ketones is 1. The van der Waals surface area contributed by atoms with Gasteiger partial charge in [0.2, 0.25) is 0 Å². The molecule has 0 aliphatic carbocycles. The van der Waals surface area contributed by atoms with Crippen molar-refractivity contribution in [2.45, 2.75) is 26.7 Å². The summed E-state index contributed by atoms with van der Waals surface area (Å²) in [5, 5.41) is 8.11. The van der Waals surface area contributed by atoms with Crippen LogP contribution in [-0.2, 0) is 11.2 Å². The van der Waals surface area contributed by atoms with Crippen molar-refractivity contribution in [3.63, 3.8) is 0 Å². The molecule has 0 unspecified atom stereocenters. The molecular weight excluding hydrogens is 376 g/mol. The third kappa shape index (κ3) is 3.89. The van der Waals surface area contributed by atoms with Gasteiger partial charge in [-0.1, -0.05) is 36.4 Å². The number of carbonyl (C=O) groups is 2. The first kappa shape index (κ1) is 19.6. The lowest BCUT2D eigenvalue weighted by atomic mass is 10.1. The molecule has 152 valence electrons. The Labute approximate surface area is 174 Å². The summed E-state index contributed by atoms with van der Waals surface area (Å²) in [4.78, 5) is 28.3. The highest BCUT2D eigenvalue weighted by Crippen LogP contribution is 2.22. The molecule has 0 saturated heterocycles. The molecule has 0 bridgehead atoms. The predicted octanol–water partition coefficient (Wildman–Crippen LogP) is 3.90. The van der Waals surface area contributed by atoms with E-state index < -0.39 is 11.7 Å². The topological polar surface area (TPSA) is 79.8 Å². The van der Waals surface area contributed by atoms with E-state index in [1.165, 1.54) is 0 Å². The molecule has 2 aromatic heterocycles. The summed E-state index contributed by atoms with van der Waals surface area (Å²) >= 11 is 0. The number of hydrogen-bond acceptors (Lipinski definition) is 3. The van der Waals surface area contributed by atoms with Gasteiger partial charge in [-0.25, -0.2) is 4.68 Å². The van der Waals surface area contributed by atoms with Crippen LogP contribution in [0.5, 0.6) is 0 Å². The Morgan fingerprint density at radius 2 is 1.77 bits per heavy atom. The minimum atomic E-state index is -0.570. The van der Waals surface area contributed by atoms with Crippen LogP contribution in [0.1, 0.15) is 33.7 Å². The van der Waals surface area contributed by atoms with Gasteiger partial charge in [-0.2, -0.15) is 5.10 Å². The first-order chi connectivity index (χ1) is 14.5. The Hall–Kier alpha value is -3.67. The van der Waals surface area contributed by atoms with Gasteiger partial charge < -0.3 is 10.3 Å². The Balaban J connectivity index is 1.35. The highest BCUT2D eigenvalue weighted by molar-refractivity contribution is 6.45. The summed E-state index contributed by atoms with van der Waals surface area (Å²) in [6, 6.07) is 17.5. The van der Waals surface area contributed by atoms with Crippen LogP contribution in [0.15, 0.2) is 60.8 Å². The van der Waals surface area contributed by atoms with Gasteiger partial charge in [-0.3, -0.25) is 9.59 Å². The Kier molecular flexibility index (Phi) is 5.48. The fourth-order valence-corrected chi connectivity index (χ4v) is 3.70. The molecule has 2 heterocycles. The van der Waals surface area contributed by atoms with Gasteiger partial charge in [0, 0.05) is 29.3 Å². The SMILES string of the molecule is Cc1nn(-c2ccccc2)cc1CCCNC(=O)C(=O)c1c(C)[nH]c2ccccc12. The van der Waals surface area contributed by atoms with Gasteiger partial charge in [0.05, 0.1) is 16.9 Å². The van der Waals surface area contributed by atoms with Crippen molar-refractivity contribution >= 4 is 22.6 Å². The molecule has 0 spiro atoms. The molecule has 30 heavy (non-hydrogen) atoms. The van der Waals surface area contributed by atoms with Crippen LogP contribution in [0.2, 0.25) is 0 Å². The number of aromatic nitrogens is 3. The minimum Gasteiger partial charge on any atom is -0.358 e. The number of para-hydroxylation sites is 2. The number of aromatic amines is 1. The van der Waals surface area contributed by atoms with Crippen LogP contribution >= 0.6 is 0 Å². The summed E-state index contributed by atoms with van der Waals surface area (Å²) in [7, 11) is 0. The summed E-state index contributed by atoms with van der Waals surface area (Å²) in [5.74, 6) is -1.07. The van der Waals surface area contributed by atoms with E-state index in [-0.39, 0.29) is 0 Å². The van der Waals surface area contributed by atoms with Gasteiger partial charge in [0.15, 0.2) is 0 Å². The van der Waals surface area contributed by atoms with Crippen LogP contribution < -0.4 is 5.32 Å². The molecule has 4 rings (SSSR count). The van der Waals surface area contributed by atoms with Crippen molar-refractivity contribution in [3.05, 3.63) is 83.3 Å². The number of benzene rings is 2. The second kappa shape index (κ2) is 8.37. The third-order valence-electron chi connectivity index (χ3n) is 5.26. The van der Waals surface area contributed by atoms with Gasteiger partial charge in [-0.15, -0.1) is 0 Å². The number of rotatable bonds is 7. The molecule has 2 N–H and O–H groups in total. The van der Waals surface area contributed by atoms with E-state index >= 15 is 0 Å². The van der Waals surface area contributed by atoms with Crippen molar-refractivity contribution in [1.82, 2.24) is 20.1 Å². The molecule has 0 aliphatic rings. The van der Waals surface area contributed by atoms with E-state index in [2.05, 4.69) is 15.4 Å². The standard InChI is InChI=1S/C24H24N4O2/c1-16-18(15-28(27-16)19-10-4-3-5-11-19)9-8-14-25-24(30)23(29)22-17(2)26-21-13-7-6-12-20(21)22/h3-7,10-13,15,26H,8-9,14H2,1-2H3,(H,25,30). The molecule has 4 aromatic rings. The van der Waals surface area contributed by atoms with Gasteiger partial charge in [0.1, 0.15) is 0 Å². The molecule has 1 amide bonds. The van der Waals surface area contributed by atoms with Crippen LogP contribution in [0.25, 0.3) is 16.6 Å². The summed E-state index contributed by atoms with van der Waals surface area (Å²) in [5.41, 5.74) is 5.13. The Bertz CT molecular complexity index is 1200. The maximum atomic E-state index is 12.7. The van der Waals surface area contributed by atoms with E-state index in [1.54, 1.807) is 0 Å². The molecule has 6 nitrogen and oxygen atoms in total. The highest BCUT2D eigenvalue weighted by Gasteiger charge is 2.22. The Morgan fingerprint density at radius 1 is 1.03 bits per heavy atom. The van der Waals surface area contributed by atoms with Crippen molar-refractivity contribution in [2.75, 3.05) is 6.54 Å². The van der Waals surface area contributed by atoms with E-state index in [4.69, 9.17) is 0 Å². The number of aryl methyl sites for hydroxylation is 3. The van der Waals surface area contributed by atoms with E-state index in [0.717, 1.165) is 40.7 Å². The normalized spacial score (nSPS) is 11.0. The zero-order valence-corrected chi connectivity index (χ0v) is 17.1. The fourth-order valence-electron chi connectivity index (χ4n) is 3.70.